The number of nitro groups is 1. The molecule has 0 aliphatic rings. The van der Waals surface area contributed by atoms with E-state index in [0.717, 1.165) is 0 Å². The van der Waals surface area contributed by atoms with E-state index in [-0.39, 0.29) is 11.4 Å². The van der Waals surface area contributed by atoms with Gasteiger partial charge in [-0.2, -0.15) is 0 Å². The summed E-state index contributed by atoms with van der Waals surface area (Å²) in [7, 11) is 0. The summed E-state index contributed by atoms with van der Waals surface area (Å²) in [5, 5.41) is 24.1. The Balaban J connectivity index is 2.29. The van der Waals surface area contributed by atoms with Gasteiger partial charge in [0.25, 0.3) is 5.69 Å². The number of nitrogens with one attached hydrogen (secondary N) is 1. The Labute approximate surface area is 145 Å². The van der Waals surface area contributed by atoms with E-state index in [9.17, 15) is 20.0 Å². The molecule has 0 aliphatic heterocycles. The number of aliphatic hydroxyl groups is 1. The van der Waals surface area contributed by atoms with Gasteiger partial charge in [-0.25, -0.2) is 4.79 Å². The first-order chi connectivity index (χ1) is 11.7. The zero-order chi connectivity index (χ0) is 18.6. The summed E-state index contributed by atoms with van der Waals surface area (Å²) in [6.07, 6.45) is -1.79. The van der Waals surface area contributed by atoms with E-state index in [1.165, 1.54) is 18.2 Å². The quantitative estimate of drug-likeness (QED) is 0.644. The number of ether oxygens (including phenoxy) is 1. The SMILES string of the molecule is CC(C)(C)OC(=O)Nc1ccc(C(O)c2ccccc2)cc1[N+](=O)[O-]. The van der Waals surface area contributed by atoms with Crippen LogP contribution in [-0.2, 0) is 4.74 Å². The number of carbonyl (C=O) groups excluding carboxylic acids is 1. The molecule has 2 rings (SSSR count). The van der Waals surface area contributed by atoms with E-state index in [1.807, 2.05) is 6.07 Å². The van der Waals surface area contributed by atoms with Crippen molar-refractivity contribution in [2.45, 2.75) is 32.5 Å². The van der Waals surface area contributed by atoms with Crippen molar-refractivity contribution in [1.29, 1.82) is 0 Å². The monoisotopic (exact) mass is 344 g/mol. The first-order valence-electron chi connectivity index (χ1n) is 7.69. The molecule has 0 aromatic heterocycles. The lowest BCUT2D eigenvalue weighted by Crippen LogP contribution is -2.27. The van der Waals surface area contributed by atoms with Gasteiger partial charge in [-0.05, 0) is 38.0 Å². The van der Waals surface area contributed by atoms with Crippen molar-refractivity contribution in [3.8, 4) is 0 Å². The average Bonchev–Trinajstić information content (AvgIpc) is 2.53. The third-order valence-corrected chi connectivity index (χ3v) is 3.29. The Bertz CT molecular complexity index is 769. The minimum atomic E-state index is -1.00. The Kier molecular flexibility index (Phi) is 5.38. The number of nitrogens with zero attached hydrogens (tertiary/aromatic N) is 1. The second-order valence-electron chi connectivity index (χ2n) is 6.47. The molecule has 0 fully saturated rings. The standard InChI is InChI=1S/C18H20N2O5/c1-18(2,3)25-17(22)19-14-10-9-13(11-15(14)20(23)24)16(21)12-7-5-4-6-8-12/h4-11,16,21H,1-3H3,(H,19,22). The molecular weight excluding hydrogens is 324 g/mol. The van der Waals surface area contributed by atoms with Crippen molar-refractivity contribution in [1.82, 2.24) is 0 Å². The fraction of sp³-hybridized carbons (Fsp3) is 0.278. The first-order valence-corrected chi connectivity index (χ1v) is 7.69. The number of rotatable bonds is 4. The zero-order valence-corrected chi connectivity index (χ0v) is 14.2. The van der Waals surface area contributed by atoms with Gasteiger partial charge in [0.2, 0.25) is 0 Å². The van der Waals surface area contributed by atoms with Crippen molar-refractivity contribution >= 4 is 17.5 Å². The summed E-state index contributed by atoms with van der Waals surface area (Å²) in [4.78, 5) is 22.6. The van der Waals surface area contributed by atoms with E-state index in [1.54, 1.807) is 45.0 Å². The lowest BCUT2D eigenvalue weighted by molar-refractivity contribution is -0.384. The Hall–Kier alpha value is -2.93. The van der Waals surface area contributed by atoms with Crippen molar-refractivity contribution in [3.05, 3.63) is 69.8 Å². The van der Waals surface area contributed by atoms with Gasteiger partial charge >= 0.3 is 6.09 Å². The van der Waals surface area contributed by atoms with Crippen LogP contribution in [0.2, 0.25) is 0 Å². The highest BCUT2D eigenvalue weighted by molar-refractivity contribution is 5.88. The number of anilines is 1. The third kappa shape index (κ3) is 5.02. The maximum absolute atomic E-state index is 11.8. The third-order valence-electron chi connectivity index (χ3n) is 3.29. The lowest BCUT2D eigenvalue weighted by atomic mass is 10.0. The number of amides is 1. The topological polar surface area (TPSA) is 102 Å². The van der Waals surface area contributed by atoms with Crippen LogP contribution in [0.1, 0.15) is 38.0 Å². The van der Waals surface area contributed by atoms with Crippen molar-refractivity contribution in [2.24, 2.45) is 0 Å². The molecule has 0 radical (unpaired) electrons. The number of aliphatic hydroxyl groups excluding tert-OH is 1. The predicted octanol–water partition coefficient (Wildman–Crippen LogP) is 4.02. The van der Waals surface area contributed by atoms with Gasteiger partial charge in [-0.3, -0.25) is 15.4 Å². The molecule has 1 atom stereocenters. The highest BCUT2D eigenvalue weighted by Crippen LogP contribution is 2.31. The van der Waals surface area contributed by atoms with Crippen LogP contribution in [-0.4, -0.2) is 21.7 Å². The fourth-order valence-corrected chi connectivity index (χ4v) is 2.22. The molecule has 2 N–H and O–H groups in total. The minimum Gasteiger partial charge on any atom is -0.444 e. The fourth-order valence-electron chi connectivity index (χ4n) is 2.22. The van der Waals surface area contributed by atoms with Gasteiger partial charge in [-0.15, -0.1) is 0 Å². The van der Waals surface area contributed by atoms with Gasteiger partial charge < -0.3 is 9.84 Å². The molecular formula is C18H20N2O5. The van der Waals surface area contributed by atoms with Gasteiger partial charge in [0.05, 0.1) is 4.92 Å². The number of nitro benzene ring substituents is 1. The van der Waals surface area contributed by atoms with Gasteiger partial charge in [0.1, 0.15) is 17.4 Å². The maximum atomic E-state index is 11.8. The van der Waals surface area contributed by atoms with Crippen LogP contribution < -0.4 is 5.32 Å². The van der Waals surface area contributed by atoms with Crippen molar-refractivity contribution in [3.63, 3.8) is 0 Å². The number of hydrogen-bond acceptors (Lipinski definition) is 5. The van der Waals surface area contributed by atoms with Crippen LogP contribution in [0.15, 0.2) is 48.5 Å². The highest BCUT2D eigenvalue weighted by Gasteiger charge is 2.22. The molecule has 2 aromatic rings. The van der Waals surface area contributed by atoms with Crippen LogP contribution >= 0.6 is 0 Å². The van der Waals surface area contributed by atoms with Gasteiger partial charge in [-0.1, -0.05) is 36.4 Å². The van der Waals surface area contributed by atoms with Crippen molar-refractivity contribution in [2.75, 3.05) is 5.32 Å². The average molecular weight is 344 g/mol. The first kappa shape index (κ1) is 18.4. The molecule has 132 valence electrons. The van der Waals surface area contributed by atoms with Gasteiger partial charge in [0, 0.05) is 6.07 Å². The Morgan fingerprint density at radius 3 is 2.36 bits per heavy atom. The molecule has 0 heterocycles. The molecule has 7 nitrogen and oxygen atoms in total. The normalized spacial score (nSPS) is 12.3. The summed E-state index contributed by atoms with van der Waals surface area (Å²) >= 11 is 0. The highest BCUT2D eigenvalue weighted by atomic mass is 16.6. The van der Waals surface area contributed by atoms with Crippen LogP contribution in [0.4, 0.5) is 16.2 Å². The van der Waals surface area contributed by atoms with E-state index >= 15 is 0 Å². The van der Waals surface area contributed by atoms with Gasteiger partial charge in [0.15, 0.2) is 0 Å². The molecule has 2 aromatic carbocycles. The largest absolute Gasteiger partial charge is 0.444 e. The molecule has 0 spiro atoms. The molecule has 7 heteroatoms. The molecule has 0 saturated carbocycles. The number of hydrogen-bond donors (Lipinski definition) is 2. The summed E-state index contributed by atoms with van der Waals surface area (Å²) in [5.41, 5.74) is -0.0682. The molecule has 1 unspecified atom stereocenters. The van der Waals surface area contributed by atoms with E-state index in [2.05, 4.69) is 5.32 Å². The van der Waals surface area contributed by atoms with Crippen LogP contribution in [0, 0.1) is 10.1 Å². The van der Waals surface area contributed by atoms with Crippen molar-refractivity contribution < 1.29 is 19.6 Å². The minimum absolute atomic E-state index is 0.00302. The second kappa shape index (κ2) is 7.31. The molecule has 0 saturated heterocycles. The molecule has 1 amide bonds. The van der Waals surface area contributed by atoms with Crippen LogP contribution in [0.25, 0.3) is 0 Å². The molecule has 25 heavy (non-hydrogen) atoms. The zero-order valence-electron chi connectivity index (χ0n) is 14.2. The summed E-state index contributed by atoms with van der Waals surface area (Å²) in [6, 6.07) is 12.9. The lowest BCUT2D eigenvalue weighted by Gasteiger charge is -2.20. The second-order valence-corrected chi connectivity index (χ2v) is 6.47. The molecule has 0 aliphatic carbocycles. The van der Waals surface area contributed by atoms with Crippen LogP contribution in [0.3, 0.4) is 0 Å². The smallest absolute Gasteiger partial charge is 0.412 e. The maximum Gasteiger partial charge on any atom is 0.412 e. The predicted molar refractivity (Wildman–Crippen MR) is 93.5 cm³/mol. The van der Waals surface area contributed by atoms with E-state index < -0.39 is 22.7 Å². The van der Waals surface area contributed by atoms with Crippen LogP contribution in [0.5, 0.6) is 0 Å². The van der Waals surface area contributed by atoms with E-state index in [0.29, 0.717) is 11.1 Å². The summed E-state index contributed by atoms with van der Waals surface area (Å²) in [6.45, 7) is 5.08. The van der Waals surface area contributed by atoms with E-state index in [4.69, 9.17) is 4.74 Å². The summed E-state index contributed by atoms with van der Waals surface area (Å²) in [5.74, 6) is 0. The Morgan fingerprint density at radius 1 is 1.16 bits per heavy atom. The number of carbonyl (C=O) groups is 1. The number of benzene rings is 2. The molecule has 0 bridgehead atoms. The summed E-state index contributed by atoms with van der Waals surface area (Å²) < 4.78 is 5.10. The Morgan fingerprint density at radius 2 is 1.80 bits per heavy atom.